The van der Waals surface area contributed by atoms with Gasteiger partial charge in [-0.15, -0.1) is 0 Å². The Balaban J connectivity index is 3.02. The lowest BCUT2D eigenvalue weighted by molar-refractivity contribution is 0.0819. The Hall–Kier alpha value is -1.13. The van der Waals surface area contributed by atoms with Crippen molar-refractivity contribution in [2.45, 2.75) is 45.6 Å². The number of carbonyl (C=O) groups excluding carboxylic acids is 1. The molecule has 1 amide bonds. The Morgan fingerprint density at radius 2 is 1.90 bits per heavy atom. The van der Waals surface area contributed by atoms with Crippen LogP contribution in [0.5, 0.6) is 0 Å². The van der Waals surface area contributed by atoms with E-state index in [1.54, 1.807) is 19.2 Å². The standard InChI is InChI=1S/C15H23ClN2O2/c1-14(2,3)11-7-10(8-12(16)17-11)13(19)18-15(4,5)9-20-6/h7-8H,9H2,1-6H3,(H,18,19). The molecule has 1 heterocycles. The quantitative estimate of drug-likeness (QED) is 0.869. The van der Waals surface area contributed by atoms with Crippen molar-refractivity contribution in [2.75, 3.05) is 13.7 Å². The fourth-order valence-corrected chi connectivity index (χ4v) is 2.00. The second kappa shape index (κ2) is 6.10. The molecule has 0 aliphatic carbocycles. The van der Waals surface area contributed by atoms with E-state index in [-0.39, 0.29) is 11.3 Å². The number of hydrogen-bond acceptors (Lipinski definition) is 3. The summed E-state index contributed by atoms with van der Waals surface area (Å²) in [5.74, 6) is -0.179. The van der Waals surface area contributed by atoms with Gasteiger partial charge in [-0.3, -0.25) is 4.79 Å². The van der Waals surface area contributed by atoms with Gasteiger partial charge >= 0.3 is 0 Å². The Morgan fingerprint density at radius 3 is 2.40 bits per heavy atom. The Labute approximate surface area is 125 Å². The molecular formula is C15H23ClN2O2. The predicted molar refractivity (Wildman–Crippen MR) is 81.4 cm³/mol. The van der Waals surface area contributed by atoms with E-state index in [9.17, 15) is 4.79 Å². The van der Waals surface area contributed by atoms with E-state index in [0.717, 1.165) is 5.69 Å². The number of halogens is 1. The van der Waals surface area contributed by atoms with E-state index in [1.807, 2.05) is 34.6 Å². The van der Waals surface area contributed by atoms with Gasteiger partial charge in [-0.05, 0) is 26.0 Å². The van der Waals surface area contributed by atoms with Gasteiger partial charge in [-0.2, -0.15) is 0 Å². The maximum atomic E-state index is 12.3. The Morgan fingerprint density at radius 1 is 1.30 bits per heavy atom. The molecule has 5 heteroatoms. The van der Waals surface area contributed by atoms with Gasteiger partial charge in [0.15, 0.2) is 0 Å². The fraction of sp³-hybridized carbons (Fsp3) is 0.600. The summed E-state index contributed by atoms with van der Waals surface area (Å²) in [5.41, 5.74) is 0.699. The maximum absolute atomic E-state index is 12.3. The number of nitrogens with zero attached hydrogens (tertiary/aromatic N) is 1. The van der Waals surface area contributed by atoms with E-state index in [2.05, 4.69) is 10.3 Å². The summed E-state index contributed by atoms with van der Waals surface area (Å²) in [6.07, 6.45) is 0. The third-order valence-electron chi connectivity index (χ3n) is 2.78. The minimum absolute atomic E-state index is 0.165. The molecule has 0 bridgehead atoms. The lowest BCUT2D eigenvalue weighted by Gasteiger charge is -2.26. The van der Waals surface area contributed by atoms with E-state index < -0.39 is 5.54 Å². The van der Waals surface area contributed by atoms with Crippen molar-refractivity contribution >= 4 is 17.5 Å². The molecule has 0 aliphatic heterocycles. The van der Waals surface area contributed by atoms with Crippen LogP contribution in [0.4, 0.5) is 0 Å². The van der Waals surface area contributed by atoms with Crippen LogP contribution < -0.4 is 5.32 Å². The van der Waals surface area contributed by atoms with Crippen LogP contribution in [-0.4, -0.2) is 30.1 Å². The maximum Gasteiger partial charge on any atom is 0.251 e. The zero-order valence-electron chi connectivity index (χ0n) is 13.0. The molecule has 1 rings (SSSR count). The van der Waals surface area contributed by atoms with Crippen molar-refractivity contribution < 1.29 is 9.53 Å². The first kappa shape index (κ1) is 16.9. The van der Waals surface area contributed by atoms with Crippen LogP contribution in [0.3, 0.4) is 0 Å². The highest BCUT2D eigenvalue weighted by atomic mass is 35.5. The van der Waals surface area contributed by atoms with Crippen LogP contribution in [-0.2, 0) is 10.2 Å². The average Bonchev–Trinajstić information content (AvgIpc) is 2.26. The van der Waals surface area contributed by atoms with E-state index >= 15 is 0 Å². The van der Waals surface area contributed by atoms with Crippen molar-refractivity contribution in [3.63, 3.8) is 0 Å². The second-order valence-corrected chi connectivity index (χ2v) is 6.97. The van der Waals surface area contributed by atoms with Crippen molar-refractivity contribution in [3.8, 4) is 0 Å². The van der Waals surface area contributed by atoms with Crippen LogP contribution >= 0.6 is 11.6 Å². The summed E-state index contributed by atoms with van der Waals surface area (Å²) < 4.78 is 5.09. The number of hydrogen-bond donors (Lipinski definition) is 1. The smallest absolute Gasteiger partial charge is 0.251 e. The molecule has 1 N–H and O–H groups in total. The topological polar surface area (TPSA) is 51.2 Å². The number of ether oxygens (including phenoxy) is 1. The van der Waals surface area contributed by atoms with Crippen LogP contribution in [0.1, 0.15) is 50.7 Å². The molecule has 0 saturated heterocycles. The summed E-state index contributed by atoms with van der Waals surface area (Å²) in [5, 5.41) is 3.26. The predicted octanol–water partition coefficient (Wildman–Crippen LogP) is 3.19. The lowest BCUT2D eigenvalue weighted by Crippen LogP contribution is -2.46. The van der Waals surface area contributed by atoms with Crippen molar-refractivity contribution in [3.05, 3.63) is 28.5 Å². The summed E-state index contributed by atoms with van der Waals surface area (Å²) in [7, 11) is 1.61. The fourth-order valence-electron chi connectivity index (χ4n) is 1.79. The zero-order valence-corrected chi connectivity index (χ0v) is 13.8. The van der Waals surface area contributed by atoms with Gasteiger partial charge in [0.25, 0.3) is 5.91 Å². The zero-order chi connectivity index (χ0) is 15.6. The third-order valence-corrected chi connectivity index (χ3v) is 2.98. The van der Waals surface area contributed by atoms with Gasteiger partial charge in [-0.25, -0.2) is 4.98 Å². The highest BCUT2D eigenvalue weighted by Gasteiger charge is 2.23. The molecule has 1 aromatic heterocycles. The molecule has 0 aliphatic rings. The Bertz CT molecular complexity index is 493. The van der Waals surface area contributed by atoms with Gasteiger partial charge < -0.3 is 10.1 Å². The molecule has 0 saturated carbocycles. The summed E-state index contributed by atoms with van der Waals surface area (Å²) in [6, 6.07) is 3.36. The monoisotopic (exact) mass is 298 g/mol. The first-order valence-electron chi connectivity index (χ1n) is 6.55. The van der Waals surface area contributed by atoms with Gasteiger partial charge in [0.05, 0.1) is 12.1 Å². The third kappa shape index (κ3) is 4.76. The van der Waals surface area contributed by atoms with Gasteiger partial charge in [0, 0.05) is 23.8 Å². The summed E-state index contributed by atoms with van der Waals surface area (Å²) >= 11 is 6.02. The highest BCUT2D eigenvalue weighted by molar-refractivity contribution is 6.29. The van der Waals surface area contributed by atoms with Crippen LogP contribution in [0, 0.1) is 0 Å². The van der Waals surface area contributed by atoms with Crippen molar-refractivity contribution in [1.82, 2.24) is 10.3 Å². The SMILES string of the molecule is COCC(C)(C)NC(=O)c1cc(Cl)nc(C(C)(C)C)c1. The molecule has 0 unspecified atom stereocenters. The van der Waals surface area contributed by atoms with Crippen molar-refractivity contribution in [1.29, 1.82) is 0 Å². The Kier molecular flexibility index (Phi) is 5.16. The number of rotatable bonds is 4. The van der Waals surface area contributed by atoms with Gasteiger partial charge in [0.2, 0.25) is 0 Å². The van der Waals surface area contributed by atoms with Crippen LogP contribution in [0.15, 0.2) is 12.1 Å². The number of nitrogens with one attached hydrogen (secondary N) is 1. The second-order valence-electron chi connectivity index (χ2n) is 6.58. The number of methoxy groups -OCH3 is 1. The molecule has 0 fully saturated rings. The normalized spacial score (nSPS) is 12.3. The van der Waals surface area contributed by atoms with Crippen LogP contribution in [0.25, 0.3) is 0 Å². The molecule has 20 heavy (non-hydrogen) atoms. The summed E-state index contributed by atoms with van der Waals surface area (Å²) in [6.45, 7) is 10.3. The molecule has 0 radical (unpaired) electrons. The number of pyridine rings is 1. The largest absolute Gasteiger partial charge is 0.382 e. The van der Waals surface area contributed by atoms with E-state index in [4.69, 9.17) is 16.3 Å². The molecule has 0 atom stereocenters. The molecular weight excluding hydrogens is 276 g/mol. The first-order valence-corrected chi connectivity index (χ1v) is 6.92. The van der Waals surface area contributed by atoms with Gasteiger partial charge in [0.1, 0.15) is 5.15 Å². The lowest BCUT2D eigenvalue weighted by atomic mass is 9.90. The molecule has 4 nitrogen and oxygen atoms in total. The number of aromatic nitrogens is 1. The van der Waals surface area contributed by atoms with Gasteiger partial charge in [-0.1, -0.05) is 32.4 Å². The minimum Gasteiger partial charge on any atom is -0.382 e. The summed E-state index contributed by atoms with van der Waals surface area (Å²) in [4.78, 5) is 16.6. The number of amides is 1. The molecule has 112 valence electrons. The minimum atomic E-state index is -0.441. The van der Waals surface area contributed by atoms with Crippen molar-refractivity contribution in [2.24, 2.45) is 0 Å². The highest BCUT2D eigenvalue weighted by Crippen LogP contribution is 2.23. The first-order chi connectivity index (χ1) is 9.05. The van der Waals surface area contributed by atoms with E-state index in [0.29, 0.717) is 17.3 Å². The molecule has 0 spiro atoms. The van der Waals surface area contributed by atoms with Crippen LogP contribution in [0.2, 0.25) is 5.15 Å². The molecule has 0 aromatic carbocycles. The average molecular weight is 299 g/mol. The molecule has 1 aromatic rings. The van der Waals surface area contributed by atoms with E-state index in [1.165, 1.54) is 0 Å². The number of carbonyl (C=O) groups is 1.